The zero-order valence-electron chi connectivity index (χ0n) is 8.33. The first-order chi connectivity index (χ1) is 7.11. The molecule has 2 N–H and O–H groups in total. The lowest BCUT2D eigenvalue weighted by molar-refractivity contribution is 0.404. The molecule has 0 saturated carbocycles. The molecular formula is C8H14N4O2S. The second-order valence-electron chi connectivity index (χ2n) is 3.78. The molecule has 0 atom stereocenters. The van der Waals surface area contributed by atoms with Crippen LogP contribution in [0.5, 0.6) is 0 Å². The van der Waals surface area contributed by atoms with E-state index in [0.717, 1.165) is 5.69 Å². The maximum Gasteiger partial charge on any atom is 0.150 e. The van der Waals surface area contributed by atoms with Crippen molar-refractivity contribution in [3.63, 3.8) is 0 Å². The molecule has 15 heavy (non-hydrogen) atoms. The first-order valence-corrected chi connectivity index (χ1v) is 6.74. The van der Waals surface area contributed by atoms with Gasteiger partial charge < -0.3 is 5.73 Å². The highest BCUT2D eigenvalue weighted by atomic mass is 32.2. The zero-order chi connectivity index (χ0) is 10.9. The summed E-state index contributed by atoms with van der Waals surface area (Å²) >= 11 is 0. The SMILES string of the molecule is NCc1cn(C2CCS(=O)(=O)CC2)nn1. The number of nitrogens with zero attached hydrogens (tertiary/aromatic N) is 3. The van der Waals surface area contributed by atoms with E-state index in [1.807, 2.05) is 0 Å². The minimum absolute atomic E-state index is 0.154. The number of hydrogen-bond acceptors (Lipinski definition) is 5. The molecule has 1 aromatic heterocycles. The summed E-state index contributed by atoms with van der Waals surface area (Å²) in [4.78, 5) is 0. The molecule has 0 radical (unpaired) electrons. The number of nitrogens with two attached hydrogens (primary N) is 1. The van der Waals surface area contributed by atoms with E-state index in [1.165, 1.54) is 0 Å². The van der Waals surface area contributed by atoms with Gasteiger partial charge in [0.2, 0.25) is 0 Å². The number of aromatic nitrogens is 3. The van der Waals surface area contributed by atoms with Gasteiger partial charge in [0.05, 0.1) is 29.4 Å². The molecule has 1 aliphatic heterocycles. The molecule has 1 aromatic rings. The van der Waals surface area contributed by atoms with Crippen molar-refractivity contribution in [2.24, 2.45) is 5.73 Å². The predicted molar refractivity (Wildman–Crippen MR) is 54.8 cm³/mol. The predicted octanol–water partition coefficient (Wildman–Crippen LogP) is -0.514. The van der Waals surface area contributed by atoms with Gasteiger partial charge in [0.1, 0.15) is 9.84 Å². The molecule has 0 spiro atoms. The largest absolute Gasteiger partial charge is 0.325 e. The van der Waals surface area contributed by atoms with Crippen molar-refractivity contribution in [1.29, 1.82) is 0 Å². The monoisotopic (exact) mass is 230 g/mol. The van der Waals surface area contributed by atoms with Crippen molar-refractivity contribution in [2.75, 3.05) is 11.5 Å². The number of hydrogen-bond donors (Lipinski definition) is 1. The average Bonchev–Trinajstić information content (AvgIpc) is 2.66. The summed E-state index contributed by atoms with van der Waals surface area (Å²) in [6.07, 6.45) is 3.04. The maximum atomic E-state index is 11.2. The van der Waals surface area contributed by atoms with Gasteiger partial charge in [0.15, 0.2) is 0 Å². The van der Waals surface area contributed by atoms with Gasteiger partial charge in [-0.3, -0.25) is 0 Å². The van der Waals surface area contributed by atoms with Crippen LogP contribution in [0.25, 0.3) is 0 Å². The van der Waals surface area contributed by atoms with E-state index in [0.29, 0.717) is 19.4 Å². The molecule has 0 bridgehead atoms. The highest BCUT2D eigenvalue weighted by Crippen LogP contribution is 2.22. The second-order valence-corrected chi connectivity index (χ2v) is 6.08. The number of sulfone groups is 1. The Kier molecular flexibility index (Phi) is 2.74. The average molecular weight is 230 g/mol. The van der Waals surface area contributed by atoms with E-state index in [2.05, 4.69) is 10.3 Å². The highest BCUT2D eigenvalue weighted by molar-refractivity contribution is 7.91. The van der Waals surface area contributed by atoms with Gasteiger partial charge in [-0.15, -0.1) is 5.10 Å². The molecule has 0 amide bonds. The molecule has 2 heterocycles. The van der Waals surface area contributed by atoms with Crippen LogP contribution in [-0.4, -0.2) is 34.9 Å². The van der Waals surface area contributed by atoms with E-state index < -0.39 is 9.84 Å². The molecule has 1 aliphatic rings. The summed E-state index contributed by atoms with van der Waals surface area (Å²) in [5, 5.41) is 7.84. The van der Waals surface area contributed by atoms with Gasteiger partial charge in [0.25, 0.3) is 0 Å². The van der Waals surface area contributed by atoms with Crippen molar-refractivity contribution in [2.45, 2.75) is 25.4 Å². The van der Waals surface area contributed by atoms with Gasteiger partial charge in [-0.25, -0.2) is 13.1 Å². The van der Waals surface area contributed by atoms with Crippen molar-refractivity contribution < 1.29 is 8.42 Å². The lowest BCUT2D eigenvalue weighted by atomic mass is 10.2. The summed E-state index contributed by atoms with van der Waals surface area (Å²) in [6.45, 7) is 0.366. The lowest BCUT2D eigenvalue weighted by Gasteiger charge is -2.21. The Labute approximate surface area is 88.4 Å². The van der Waals surface area contributed by atoms with Gasteiger partial charge in [-0.2, -0.15) is 0 Å². The van der Waals surface area contributed by atoms with E-state index in [4.69, 9.17) is 5.73 Å². The summed E-state index contributed by atoms with van der Waals surface area (Å²) in [7, 11) is -2.81. The van der Waals surface area contributed by atoms with Crippen LogP contribution in [-0.2, 0) is 16.4 Å². The van der Waals surface area contributed by atoms with Gasteiger partial charge >= 0.3 is 0 Å². The number of rotatable bonds is 2. The van der Waals surface area contributed by atoms with Crippen molar-refractivity contribution in [3.05, 3.63) is 11.9 Å². The third-order valence-corrected chi connectivity index (χ3v) is 4.38. The summed E-state index contributed by atoms with van der Waals surface area (Å²) in [6, 6.07) is 0.154. The lowest BCUT2D eigenvalue weighted by Crippen LogP contribution is -2.25. The van der Waals surface area contributed by atoms with E-state index >= 15 is 0 Å². The van der Waals surface area contributed by atoms with Gasteiger partial charge in [0, 0.05) is 6.54 Å². The van der Waals surface area contributed by atoms with Crippen molar-refractivity contribution in [1.82, 2.24) is 15.0 Å². The first-order valence-electron chi connectivity index (χ1n) is 4.92. The quantitative estimate of drug-likeness (QED) is 0.738. The maximum absolute atomic E-state index is 11.2. The molecule has 6 nitrogen and oxygen atoms in total. The molecule has 0 aliphatic carbocycles. The highest BCUT2D eigenvalue weighted by Gasteiger charge is 2.25. The summed E-state index contributed by atoms with van der Waals surface area (Å²) in [5.74, 6) is 0.491. The van der Waals surface area contributed by atoms with E-state index in [-0.39, 0.29) is 17.5 Å². The van der Waals surface area contributed by atoms with Crippen LogP contribution < -0.4 is 5.73 Å². The van der Waals surface area contributed by atoms with Crippen LogP contribution >= 0.6 is 0 Å². The molecule has 1 fully saturated rings. The Hall–Kier alpha value is -0.950. The Morgan fingerprint density at radius 3 is 2.67 bits per heavy atom. The van der Waals surface area contributed by atoms with Crippen molar-refractivity contribution >= 4 is 9.84 Å². The third-order valence-electron chi connectivity index (χ3n) is 2.67. The topological polar surface area (TPSA) is 90.9 Å². The molecule has 7 heteroatoms. The Morgan fingerprint density at radius 2 is 2.13 bits per heavy atom. The Bertz CT molecular complexity index is 425. The molecule has 1 saturated heterocycles. The molecule has 2 rings (SSSR count). The molecular weight excluding hydrogens is 216 g/mol. The fourth-order valence-electron chi connectivity index (χ4n) is 1.73. The Balaban J connectivity index is 2.07. The van der Waals surface area contributed by atoms with Crippen LogP contribution in [0.3, 0.4) is 0 Å². The van der Waals surface area contributed by atoms with Gasteiger partial charge in [-0.05, 0) is 12.8 Å². The minimum Gasteiger partial charge on any atom is -0.325 e. The third kappa shape index (κ3) is 2.35. The van der Waals surface area contributed by atoms with Crippen LogP contribution in [0.2, 0.25) is 0 Å². The standard InChI is InChI=1S/C8H14N4O2S/c9-5-7-6-12(11-10-7)8-1-3-15(13,14)4-2-8/h6,8H,1-5,9H2. The molecule has 0 aromatic carbocycles. The normalized spacial score (nSPS) is 21.7. The Morgan fingerprint density at radius 1 is 1.47 bits per heavy atom. The molecule has 0 unspecified atom stereocenters. The molecule has 84 valence electrons. The minimum atomic E-state index is -2.81. The second kappa shape index (κ2) is 3.90. The van der Waals surface area contributed by atoms with Crippen LogP contribution in [0.15, 0.2) is 6.20 Å². The van der Waals surface area contributed by atoms with E-state index in [9.17, 15) is 8.42 Å². The van der Waals surface area contributed by atoms with E-state index in [1.54, 1.807) is 10.9 Å². The summed E-state index contributed by atoms with van der Waals surface area (Å²) < 4.78 is 24.2. The van der Waals surface area contributed by atoms with Crippen LogP contribution in [0, 0.1) is 0 Å². The summed E-state index contributed by atoms with van der Waals surface area (Å²) in [5.41, 5.74) is 6.16. The van der Waals surface area contributed by atoms with Crippen LogP contribution in [0.4, 0.5) is 0 Å². The van der Waals surface area contributed by atoms with Crippen LogP contribution in [0.1, 0.15) is 24.6 Å². The fourth-order valence-corrected chi connectivity index (χ4v) is 3.19. The zero-order valence-corrected chi connectivity index (χ0v) is 9.15. The fraction of sp³-hybridized carbons (Fsp3) is 0.750. The smallest absolute Gasteiger partial charge is 0.150 e. The van der Waals surface area contributed by atoms with Gasteiger partial charge in [-0.1, -0.05) is 5.21 Å². The van der Waals surface area contributed by atoms with Crippen molar-refractivity contribution in [3.8, 4) is 0 Å². The first kappa shape index (κ1) is 10.6.